The lowest BCUT2D eigenvalue weighted by atomic mass is 9.89. The van der Waals surface area contributed by atoms with Gasteiger partial charge in [0, 0.05) is 29.5 Å². The lowest BCUT2D eigenvalue weighted by Crippen LogP contribution is -2.45. The summed E-state index contributed by atoms with van der Waals surface area (Å²) in [7, 11) is 0. The van der Waals surface area contributed by atoms with E-state index in [9.17, 15) is 14.4 Å². The van der Waals surface area contributed by atoms with E-state index in [0.29, 0.717) is 10.7 Å². The fourth-order valence-corrected chi connectivity index (χ4v) is 3.02. The standard InChI is InChI=1S/C18H24ClN3O3/c1-12-14(19)8-5-9-15(12)20-16(23)10-11-17(24)21-22-18(25)13-6-3-2-4-7-13/h5,8-9,13H,2-4,6-7,10-11H2,1H3,(H,20,23)(H,21,24)(H,22,25). The molecule has 1 saturated carbocycles. The molecule has 0 saturated heterocycles. The number of halogens is 1. The van der Waals surface area contributed by atoms with Crippen LogP contribution in [0.3, 0.4) is 0 Å². The Morgan fingerprint density at radius 3 is 2.44 bits per heavy atom. The highest BCUT2D eigenvalue weighted by Gasteiger charge is 2.21. The molecule has 0 aliphatic heterocycles. The molecule has 0 unspecified atom stereocenters. The first-order valence-electron chi connectivity index (χ1n) is 8.61. The van der Waals surface area contributed by atoms with Crippen LogP contribution in [0.1, 0.15) is 50.5 Å². The van der Waals surface area contributed by atoms with E-state index in [-0.39, 0.29) is 36.5 Å². The fraction of sp³-hybridized carbons (Fsp3) is 0.500. The third kappa shape index (κ3) is 6.05. The maximum Gasteiger partial charge on any atom is 0.241 e. The molecule has 136 valence electrons. The molecule has 0 bridgehead atoms. The summed E-state index contributed by atoms with van der Waals surface area (Å²) in [6.45, 7) is 1.81. The van der Waals surface area contributed by atoms with Crippen molar-refractivity contribution >= 4 is 35.0 Å². The normalized spacial score (nSPS) is 14.6. The molecule has 0 aromatic heterocycles. The average molecular weight is 366 g/mol. The zero-order valence-corrected chi connectivity index (χ0v) is 15.1. The van der Waals surface area contributed by atoms with Crippen LogP contribution >= 0.6 is 11.6 Å². The first kappa shape index (κ1) is 19.2. The first-order chi connectivity index (χ1) is 12.0. The zero-order chi connectivity index (χ0) is 18.2. The van der Waals surface area contributed by atoms with Crippen molar-refractivity contribution in [2.24, 2.45) is 5.92 Å². The minimum Gasteiger partial charge on any atom is -0.326 e. The summed E-state index contributed by atoms with van der Waals surface area (Å²) in [4.78, 5) is 35.7. The number of hydrogen-bond donors (Lipinski definition) is 3. The second kappa shape index (κ2) is 9.42. The van der Waals surface area contributed by atoms with Gasteiger partial charge in [-0.25, -0.2) is 0 Å². The molecular formula is C18H24ClN3O3. The summed E-state index contributed by atoms with van der Waals surface area (Å²) in [6, 6.07) is 5.25. The molecule has 0 atom stereocenters. The maximum atomic E-state index is 11.9. The van der Waals surface area contributed by atoms with Crippen LogP contribution in [-0.2, 0) is 14.4 Å². The minimum atomic E-state index is -0.387. The van der Waals surface area contributed by atoms with Crippen LogP contribution in [0.25, 0.3) is 0 Å². The molecule has 1 aromatic rings. The van der Waals surface area contributed by atoms with Gasteiger partial charge >= 0.3 is 0 Å². The van der Waals surface area contributed by atoms with Gasteiger partial charge in [-0.3, -0.25) is 25.2 Å². The number of nitrogens with one attached hydrogen (secondary N) is 3. The van der Waals surface area contributed by atoms with Crippen LogP contribution < -0.4 is 16.2 Å². The van der Waals surface area contributed by atoms with E-state index in [1.165, 1.54) is 0 Å². The van der Waals surface area contributed by atoms with Crippen molar-refractivity contribution in [3.63, 3.8) is 0 Å². The number of anilines is 1. The van der Waals surface area contributed by atoms with Gasteiger partial charge in [-0.1, -0.05) is 36.9 Å². The van der Waals surface area contributed by atoms with Gasteiger partial charge in [-0.2, -0.15) is 0 Å². The van der Waals surface area contributed by atoms with Gasteiger partial charge in [0.1, 0.15) is 0 Å². The van der Waals surface area contributed by atoms with E-state index in [0.717, 1.165) is 37.7 Å². The number of amides is 3. The van der Waals surface area contributed by atoms with E-state index in [1.807, 2.05) is 6.92 Å². The Labute approximate surface area is 152 Å². The van der Waals surface area contributed by atoms with Crippen LogP contribution in [0.4, 0.5) is 5.69 Å². The number of benzene rings is 1. The summed E-state index contributed by atoms with van der Waals surface area (Å²) in [5.74, 6) is -0.837. The fourth-order valence-electron chi connectivity index (χ4n) is 2.84. The van der Waals surface area contributed by atoms with Crippen LogP contribution in [0.15, 0.2) is 18.2 Å². The Bertz CT molecular complexity index is 642. The van der Waals surface area contributed by atoms with E-state index in [1.54, 1.807) is 18.2 Å². The second-order valence-corrected chi connectivity index (χ2v) is 6.74. The zero-order valence-electron chi connectivity index (χ0n) is 14.4. The monoisotopic (exact) mass is 365 g/mol. The molecule has 3 amide bonds. The van der Waals surface area contributed by atoms with Gasteiger partial charge in [0.05, 0.1) is 0 Å². The van der Waals surface area contributed by atoms with Gasteiger partial charge in [0.15, 0.2) is 0 Å². The highest BCUT2D eigenvalue weighted by molar-refractivity contribution is 6.31. The molecule has 25 heavy (non-hydrogen) atoms. The van der Waals surface area contributed by atoms with Crippen LogP contribution in [0.5, 0.6) is 0 Å². The van der Waals surface area contributed by atoms with Gasteiger partial charge in [-0.15, -0.1) is 0 Å². The van der Waals surface area contributed by atoms with E-state index >= 15 is 0 Å². The molecule has 1 aliphatic carbocycles. The quantitative estimate of drug-likeness (QED) is 0.700. The first-order valence-corrected chi connectivity index (χ1v) is 8.99. The predicted octanol–water partition coefficient (Wildman–Crippen LogP) is 3.09. The number of hydrazine groups is 1. The Hall–Kier alpha value is -2.08. The van der Waals surface area contributed by atoms with Gasteiger partial charge < -0.3 is 5.32 Å². The van der Waals surface area contributed by atoms with Crippen LogP contribution in [-0.4, -0.2) is 17.7 Å². The molecule has 7 heteroatoms. The smallest absolute Gasteiger partial charge is 0.241 e. The van der Waals surface area contributed by atoms with Gasteiger partial charge in [0.2, 0.25) is 17.7 Å². The molecular weight excluding hydrogens is 342 g/mol. The maximum absolute atomic E-state index is 11.9. The SMILES string of the molecule is Cc1c(Cl)cccc1NC(=O)CCC(=O)NNC(=O)C1CCCCC1. The Kier molecular flexibility index (Phi) is 7.25. The van der Waals surface area contributed by atoms with E-state index in [2.05, 4.69) is 16.2 Å². The van der Waals surface area contributed by atoms with Gasteiger partial charge in [-0.05, 0) is 37.5 Å². The summed E-state index contributed by atoms with van der Waals surface area (Å²) in [5.41, 5.74) is 6.24. The Morgan fingerprint density at radius 1 is 1.04 bits per heavy atom. The van der Waals surface area contributed by atoms with Crippen LogP contribution in [0, 0.1) is 12.8 Å². The van der Waals surface area contributed by atoms with Crippen molar-refractivity contribution in [1.82, 2.24) is 10.9 Å². The van der Waals surface area contributed by atoms with E-state index in [4.69, 9.17) is 11.6 Å². The number of carbonyl (C=O) groups is 3. The summed E-state index contributed by atoms with van der Waals surface area (Å²) in [5, 5.41) is 3.30. The topological polar surface area (TPSA) is 87.3 Å². The second-order valence-electron chi connectivity index (χ2n) is 6.33. The molecule has 0 radical (unpaired) electrons. The molecule has 2 rings (SSSR count). The predicted molar refractivity (Wildman–Crippen MR) is 96.9 cm³/mol. The Morgan fingerprint density at radius 2 is 1.72 bits per heavy atom. The van der Waals surface area contributed by atoms with Crippen molar-refractivity contribution in [2.75, 3.05) is 5.32 Å². The minimum absolute atomic E-state index is 0.00358. The number of carbonyl (C=O) groups excluding carboxylic acids is 3. The summed E-state index contributed by atoms with van der Waals surface area (Å²) >= 11 is 6.00. The molecule has 6 nitrogen and oxygen atoms in total. The molecule has 1 aromatic carbocycles. The lowest BCUT2D eigenvalue weighted by molar-refractivity contribution is -0.132. The average Bonchev–Trinajstić information content (AvgIpc) is 2.62. The Balaban J connectivity index is 1.69. The summed E-state index contributed by atoms with van der Waals surface area (Å²) in [6.07, 6.45) is 5.02. The van der Waals surface area contributed by atoms with Gasteiger partial charge in [0.25, 0.3) is 0 Å². The molecule has 1 fully saturated rings. The lowest BCUT2D eigenvalue weighted by Gasteiger charge is -2.20. The van der Waals surface area contributed by atoms with Crippen molar-refractivity contribution in [2.45, 2.75) is 51.9 Å². The highest BCUT2D eigenvalue weighted by atomic mass is 35.5. The van der Waals surface area contributed by atoms with Crippen molar-refractivity contribution < 1.29 is 14.4 Å². The third-order valence-electron chi connectivity index (χ3n) is 4.42. The van der Waals surface area contributed by atoms with Crippen molar-refractivity contribution in [1.29, 1.82) is 0 Å². The van der Waals surface area contributed by atoms with Crippen molar-refractivity contribution in [3.8, 4) is 0 Å². The molecule has 3 N–H and O–H groups in total. The van der Waals surface area contributed by atoms with Crippen molar-refractivity contribution in [3.05, 3.63) is 28.8 Å². The number of rotatable bonds is 5. The highest BCUT2D eigenvalue weighted by Crippen LogP contribution is 2.24. The largest absolute Gasteiger partial charge is 0.326 e. The molecule has 1 aliphatic rings. The third-order valence-corrected chi connectivity index (χ3v) is 4.83. The van der Waals surface area contributed by atoms with E-state index < -0.39 is 0 Å². The van der Waals surface area contributed by atoms with Crippen LogP contribution in [0.2, 0.25) is 5.02 Å². The number of hydrogen-bond acceptors (Lipinski definition) is 3. The molecule has 0 heterocycles. The summed E-state index contributed by atoms with van der Waals surface area (Å²) < 4.78 is 0. The molecule has 0 spiro atoms.